The molecule has 3 N–H and O–H groups in total. The van der Waals surface area contributed by atoms with Crippen molar-refractivity contribution in [3.63, 3.8) is 0 Å². The Hall–Kier alpha value is -2.63. The quantitative estimate of drug-likeness (QED) is 0.836. The summed E-state index contributed by atoms with van der Waals surface area (Å²) in [5.74, 6) is -3.32. The van der Waals surface area contributed by atoms with Crippen LogP contribution in [0.4, 0.5) is 14.5 Å². The second-order valence-corrected chi connectivity index (χ2v) is 3.74. The molecule has 98 valence electrons. The normalized spacial score (nSPS) is 10.2. The third-order valence-corrected chi connectivity index (χ3v) is 2.35. The number of ether oxygens (including phenoxy) is 1. The van der Waals surface area contributed by atoms with Crippen molar-refractivity contribution < 1.29 is 23.4 Å². The molecule has 2 aromatic carbocycles. The zero-order valence-electron chi connectivity index (χ0n) is 9.56. The second-order valence-electron chi connectivity index (χ2n) is 3.74. The SMILES string of the molecule is Nc1ccc(C(=O)O)c(Oc2ccc(F)cc2F)c1. The summed E-state index contributed by atoms with van der Waals surface area (Å²) < 4.78 is 31.3. The molecule has 4 nitrogen and oxygen atoms in total. The fourth-order valence-electron chi connectivity index (χ4n) is 1.48. The highest BCUT2D eigenvalue weighted by molar-refractivity contribution is 5.91. The van der Waals surface area contributed by atoms with Crippen LogP contribution in [-0.4, -0.2) is 11.1 Å². The predicted molar refractivity (Wildman–Crippen MR) is 64.2 cm³/mol. The van der Waals surface area contributed by atoms with Gasteiger partial charge in [0, 0.05) is 17.8 Å². The van der Waals surface area contributed by atoms with E-state index in [1.807, 2.05) is 0 Å². The molecular formula is C13H9F2NO3. The summed E-state index contributed by atoms with van der Waals surface area (Å²) in [7, 11) is 0. The number of rotatable bonds is 3. The summed E-state index contributed by atoms with van der Waals surface area (Å²) in [4.78, 5) is 11.0. The summed E-state index contributed by atoms with van der Waals surface area (Å²) in [6.45, 7) is 0. The van der Waals surface area contributed by atoms with E-state index < -0.39 is 17.6 Å². The molecule has 0 unspecified atom stereocenters. The second kappa shape index (κ2) is 4.93. The Morgan fingerprint density at radius 1 is 1.11 bits per heavy atom. The number of nitrogen functional groups attached to an aromatic ring is 1. The van der Waals surface area contributed by atoms with Crippen LogP contribution in [0.5, 0.6) is 11.5 Å². The third-order valence-electron chi connectivity index (χ3n) is 2.35. The molecule has 0 amide bonds. The van der Waals surface area contributed by atoms with Crippen LogP contribution in [0, 0.1) is 11.6 Å². The highest BCUT2D eigenvalue weighted by Gasteiger charge is 2.14. The molecule has 0 heterocycles. The van der Waals surface area contributed by atoms with Gasteiger partial charge in [-0.25, -0.2) is 13.6 Å². The first-order valence-electron chi connectivity index (χ1n) is 5.23. The minimum atomic E-state index is -1.24. The molecule has 0 radical (unpaired) electrons. The highest BCUT2D eigenvalue weighted by Crippen LogP contribution is 2.29. The molecule has 0 bridgehead atoms. The standard InChI is InChI=1S/C13H9F2NO3/c14-7-1-4-11(10(15)5-7)19-12-6-8(16)2-3-9(12)13(17)18/h1-6H,16H2,(H,17,18). The molecule has 0 atom stereocenters. The molecule has 0 spiro atoms. The van der Waals surface area contributed by atoms with E-state index >= 15 is 0 Å². The smallest absolute Gasteiger partial charge is 0.339 e. The van der Waals surface area contributed by atoms with Crippen LogP contribution in [0.2, 0.25) is 0 Å². The van der Waals surface area contributed by atoms with Gasteiger partial charge in [0.2, 0.25) is 0 Å². The van der Waals surface area contributed by atoms with Crippen LogP contribution in [0.15, 0.2) is 36.4 Å². The van der Waals surface area contributed by atoms with E-state index in [0.717, 1.165) is 12.1 Å². The number of benzene rings is 2. The van der Waals surface area contributed by atoms with E-state index in [2.05, 4.69) is 0 Å². The lowest BCUT2D eigenvalue weighted by Crippen LogP contribution is -2.01. The summed E-state index contributed by atoms with van der Waals surface area (Å²) in [5.41, 5.74) is 5.61. The molecule has 0 aliphatic heterocycles. The topological polar surface area (TPSA) is 72.6 Å². The van der Waals surface area contributed by atoms with Gasteiger partial charge in [0.15, 0.2) is 11.6 Å². The van der Waals surface area contributed by atoms with E-state index in [1.165, 1.54) is 18.2 Å². The molecule has 2 rings (SSSR count). The van der Waals surface area contributed by atoms with Crippen molar-refractivity contribution in [2.75, 3.05) is 5.73 Å². The summed E-state index contributed by atoms with van der Waals surface area (Å²) >= 11 is 0. The first-order chi connectivity index (χ1) is 8.97. The van der Waals surface area contributed by atoms with E-state index in [1.54, 1.807) is 0 Å². The summed E-state index contributed by atoms with van der Waals surface area (Å²) in [6, 6.07) is 6.60. The molecule has 0 fully saturated rings. The van der Waals surface area contributed by atoms with Crippen LogP contribution in [0.3, 0.4) is 0 Å². The maximum atomic E-state index is 13.4. The van der Waals surface area contributed by atoms with E-state index in [0.29, 0.717) is 6.07 Å². The first kappa shape index (κ1) is 12.8. The van der Waals surface area contributed by atoms with Crippen LogP contribution < -0.4 is 10.5 Å². The Kier molecular flexibility index (Phi) is 3.33. The van der Waals surface area contributed by atoms with Gasteiger partial charge in [-0.3, -0.25) is 0 Å². The largest absolute Gasteiger partial charge is 0.478 e. The van der Waals surface area contributed by atoms with Gasteiger partial charge in [-0.05, 0) is 24.3 Å². The Morgan fingerprint density at radius 2 is 1.84 bits per heavy atom. The molecule has 0 aliphatic rings. The number of aromatic carboxylic acids is 1. The number of hydrogen-bond donors (Lipinski definition) is 2. The lowest BCUT2D eigenvalue weighted by atomic mass is 10.2. The minimum Gasteiger partial charge on any atom is -0.478 e. The van der Waals surface area contributed by atoms with Crippen molar-refractivity contribution in [1.29, 1.82) is 0 Å². The maximum Gasteiger partial charge on any atom is 0.339 e. The fourth-order valence-corrected chi connectivity index (χ4v) is 1.48. The van der Waals surface area contributed by atoms with Gasteiger partial charge < -0.3 is 15.6 Å². The zero-order chi connectivity index (χ0) is 14.0. The molecule has 6 heteroatoms. The van der Waals surface area contributed by atoms with Crippen LogP contribution >= 0.6 is 0 Å². The van der Waals surface area contributed by atoms with Gasteiger partial charge in [0.25, 0.3) is 0 Å². The number of carboxylic acids is 1. The molecule has 0 aromatic heterocycles. The van der Waals surface area contributed by atoms with Gasteiger partial charge in [-0.1, -0.05) is 0 Å². The van der Waals surface area contributed by atoms with Crippen molar-refractivity contribution in [1.82, 2.24) is 0 Å². The Morgan fingerprint density at radius 3 is 2.47 bits per heavy atom. The summed E-state index contributed by atoms with van der Waals surface area (Å²) in [5, 5.41) is 8.97. The van der Waals surface area contributed by atoms with Crippen LogP contribution in [0.1, 0.15) is 10.4 Å². The Labute approximate surface area is 107 Å². The number of halogens is 2. The van der Waals surface area contributed by atoms with E-state index in [-0.39, 0.29) is 22.7 Å². The lowest BCUT2D eigenvalue weighted by Gasteiger charge is -2.10. The van der Waals surface area contributed by atoms with Gasteiger partial charge in [0.1, 0.15) is 17.1 Å². The Bertz CT molecular complexity index is 644. The average Bonchev–Trinajstić information content (AvgIpc) is 2.32. The number of hydrogen-bond acceptors (Lipinski definition) is 3. The molecule has 2 aromatic rings. The number of carbonyl (C=O) groups is 1. The molecule has 19 heavy (non-hydrogen) atoms. The molecular weight excluding hydrogens is 256 g/mol. The van der Waals surface area contributed by atoms with E-state index in [9.17, 15) is 13.6 Å². The van der Waals surface area contributed by atoms with Gasteiger partial charge in [0.05, 0.1) is 0 Å². The Balaban J connectivity index is 2.42. The molecule has 0 saturated heterocycles. The fraction of sp³-hybridized carbons (Fsp3) is 0. The van der Waals surface area contributed by atoms with Crippen molar-refractivity contribution in [3.8, 4) is 11.5 Å². The third kappa shape index (κ3) is 2.79. The van der Waals surface area contributed by atoms with Gasteiger partial charge in [-0.15, -0.1) is 0 Å². The monoisotopic (exact) mass is 265 g/mol. The van der Waals surface area contributed by atoms with Crippen molar-refractivity contribution in [2.45, 2.75) is 0 Å². The average molecular weight is 265 g/mol. The number of anilines is 1. The minimum absolute atomic E-state index is 0.113. The predicted octanol–water partition coefficient (Wildman–Crippen LogP) is 3.04. The summed E-state index contributed by atoms with van der Waals surface area (Å²) in [6.07, 6.45) is 0. The number of carboxylic acid groups (broad SMARTS) is 1. The van der Waals surface area contributed by atoms with Crippen LogP contribution in [0.25, 0.3) is 0 Å². The number of nitrogens with two attached hydrogens (primary N) is 1. The maximum absolute atomic E-state index is 13.4. The lowest BCUT2D eigenvalue weighted by molar-refractivity contribution is 0.0694. The van der Waals surface area contributed by atoms with Crippen LogP contribution in [-0.2, 0) is 0 Å². The van der Waals surface area contributed by atoms with Gasteiger partial charge in [-0.2, -0.15) is 0 Å². The molecule has 0 aliphatic carbocycles. The van der Waals surface area contributed by atoms with Crippen molar-refractivity contribution in [3.05, 3.63) is 53.6 Å². The van der Waals surface area contributed by atoms with Crippen molar-refractivity contribution in [2.24, 2.45) is 0 Å². The molecule has 0 saturated carbocycles. The van der Waals surface area contributed by atoms with Gasteiger partial charge >= 0.3 is 5.97 Å². The highest BCUT2D eigenvalue weighted by atomic mass is 19.1. The van der Waals surface area contributed by atoms with E-state index in [4.69, 9.17) is 15.6 Å². The van der Waals surface area contributed by atoms with Crippen molar-refractivity contribution >= 4 is 11.7 Å². The zero-order valence-corrected chi connectivity index (χ0v) is 9.56. The first-order valence-corrected chi connectivity index (χ1v) is 5.23.